The van der Waals surface area contributed by atoms with Crippen LogP contribution in [0.4, 0.5) is 17.6 Å². The molecule has 2 heterocycles. The fraction of sp³-hybridized carbons (Fsp3) is 0.500. The minimum Gasteiger partial charge on any atom is -0.328 e. The fourth-order valence-corrected chi connectivity index (χ4v) is 3.75. The van der Waals surface area contributed by atoms with Crippen LogP contribution in [0, 0.1) is 5.82 Å². The van der Waals surface area contributed by atoms with Gasteiger partial charge in [-0.05, 0) is 37.0 Å². The van der Waals surface area contributed by atoms with Crippen molar-refractivity contribution in [3.8, 4) is 0 Å². The lowest BCUT2D eigenvalue weighted by Gasteiger charge is -2.27. The SMILES string of the molecule is CCCc1nc(Cl)c2n1CCNC2CCc1ccc(C(F)(F)F)c(F)c1. The molecule has 0 saturated heterocycles. The van der Waals surface area contributed by atoms with E-state index in [0.717, 1.165) is 49.6 Å². The van der Waals surface area contributed by atoms with Crippen LogP contribution >= 0.6 is 11.6 Å². The summed E-state index contributed by atoms with van der Waals surface area (Å²) in [6.45, 7) is 3.63. The molecule has 0 radical (unpaired) electrons. The molecule has 1 unspecified atom stereocenters. The van der Waals surface area contributed by atoms with Crippen molar-refractivity contribution in [1.29, 1.82) is 0 Å². The monoisotopic (exact) mass is 389 g/mol. The van der Waals surface area contributed by atoms with Gasteiger partial charge in [-0.25, -0.2) is 9.37 Å². The van der Waals surface area contributed by atoms with Crippen LogP contribution in [0.3, 0.4) is 0 Å². The van der Waals surface area contributed by atoms with E-state index >= 15 is 0 Å². The zero-order valence-corrected chi connectivity index (χ0v) is 15.1. The zero-order chi connectivity index (χ0) is 18.9. The van der Waals surface area contributed by atoms with Crippen LogP contribution in [0.5, 0.6) is 0 Å². The molecule has 0 saturated carbocycles. The van der Waals surface area contributed by atoms with Crippen molar-refractivity contribution >= 4 is 11.6 Å². The van der Waals surface area contributed by atoms with E-state index in [0.29, 0.717) is 23.6 Å². The van der Waals surface area contributed by atoms with Gasteiger partial charge in [0.15, 0.2) is 5.15 Å². The molecule has 0 fully saturated rings. The normalized spacial score (nSPS) is 17.4. The van der Waals surface area contributed by atoms with E-state index in [9.17, 15) is 17.6 Å². The van der Waals surface area contributed by atoms with Gasteiger partial charge in [0.1, 0.15) is 11.6 Å². The summed E-state index contributed by atoms with van der Waals surface area (Å²) in [7, 11) is 0. The molecule has 2 aromatic rings. The first-order valence-corrected chi connectivity index (χ1v) is 9.02. The number of imidazole rings is 1. The van der Waals surface area contributed by atoms with Crippen LogP contribution < -0.4 is 5.32 Å². The van der Waals surface area contributed by atoms with Crippen molar-refractivity contribution in [2.45, 2.75) is 51.4 Å². The number of hydrogen-bond donors (Lipinski definition) is 1. The van der Waals surface area contributed by atoms with Gasteiger partial charge in [0.25, 0.3) is 0 Å². The molecule has 8 heteroatoms. The molecule has 3 nitrogen and oxygen atoms in total. The predicted octanol–water partition coefficient (Wildman–Crippen LogP) is 4.92. The second kappa shape index (κ2) is 7.56. The second-order valence-electron chi connectivity index (χ2n) is 6.46. The average Bonchev–Trinajstić information content (AvgIpc) is 2.89. The fourth-order valence-electron chi connectivity index (χ4n) is 3.42. The summed E-state index contributed by atoms with van der Waals surface area (Å²) < 4.78 is 53.8. The highest BCUT2D eigenvalue weighted by Crippen LogP contribution is 2.33. The van der Waals surface area contributed by atoms with Gasteiger partial charge in [0.2, 0.25) is 0 Å². The summed E-state index contributed by atoms with van der Waals surface area (Å²) in [6.07, 6.45) is -1.82. The van der Waals surface area contributed by atoms with Crippen molar-refractivity contribution in [3.05, 3.63) is 51.8 Å². The highest BCUT2D eigenvalue weighted by molar-refractivity contribution is 6.30. The van der Waals surface area contributed by atoms with E-state index in [4.69, 9.17) is 11.6 Å². The number of hydrogen-bond acceptors (Lipinski definition) is 2. The first-order chi connectivity index (χ1) is 12.3. The van der Waals surface area contributed by atoms with Crippen molar-refractivity contribution in [2.75, 3.05) is 6.54 Å². The van der Waals surface area contributed by atoms with Gasteiger partial charge in [-0.3, -0.25) is 0 Å². The number of aromatic nitrogens is 2. The molecular formula is C18H20ClF4N3. The van der Waals surface area contributed by atoms with E-state index < -0.39 is 17.6 Å². The molecule has 26 heavy (non-hydrogen) atoms. The van der Waals surface area contributed by atoms with E-state index in [1.807, 2.05) is 0 Å². The molecule has 0 aliphatic carbocycles. The number of nitrogens with zero attached hydrogens (tertiary/aromatic N) is 2. The lowest BCUT2D eigenvalue weighted by Crippen LogP contribution is -2.34. The first kappa shape index (κ1) is 19.2. The zero-order valence-electron chi connectivity index (χ0n) is 14.3. The summed E-state index contributed by atoms with van der Waals surface area (Å²) in [4.78, 5) is 4.44. The minimum atomic E-state index is -4.68. The maximum atomic E-state index is 13.7. The Kier molecular flexibility index (Phi) is 5.58. The number of aryl methyl sites for hydroxylation is 2. The Balaban J connectivity index is 1.75. The number of fused-ring (bicyclic) bond motifs is 1. The van der Waals surface area contributed by atoms with E-state index in [1.54, 1.807) is 0 Å². The van der Waals surface area contributed by atoms with Gasteiger partial charge in [-0.2, -0.15) is 13.2 Å². The number of rotatable bonds is 5. The molecule has 0 bridgehead atoms. The first-order valence-electron chi connectivity index (χ1n) is 8.65. The number of alkyl halides is 3. The smallest absolute Gasteiger partial charge is 0.328 e. The Morgan fingerprint density at radius 1 is 1.31 bits per heavy atom. The number of benzene rings is 1. The van der Waals surface area contributed by atoms with Gasteiger partial charge < -0.3 is 9.88 Å². The molecule has 0 amide bonds. The standard InChI is InChI=1S/C18H20ClF4N3/c1-2-3-15-25-17(19)16-14(24-8-9-26(15)16)7-5-11-4-6-12(13(20)10-11)18(21,22)23/h4,6,10,14,24H,2-3,5,7-9H2,1H3. The van der Waals surface area contributed by atoms with Crippen molar-refractivity contribution in [3.63, 3.8) is 0 Å². The third-order valence-electron chi connectivity index (χ3n) is 4.63. The van der Waals surface area contributed by atoms with Gasteiger partial charge in [0.05, 0.1) is 17.3 Å². The largest absolute Gasteiger partial charge is 0.419 e. The van der Waals surface area contributed by atoms with Gasteiger partial charge >= 0.3 is 6.18 Å². The van der Waals surface area contributed by atoms with Crippen molar-refractivity contribution in [1.82, 2.24) is 14.9 Å². The average molecular weight is 390 g/mol. The van der Waals surface area contributed by atoms with Crippen LogP contribution in [-0.2, 0) is 25.6 Å². The third-order valence-corrected chi connectivity index (χ3v) is 4.91. The molecular weight excluding hydrogens is 370 g/mol. The van der Waals surface area contributed by atoms with Crippen LogP contribution in [0.25, 0.3) is 0 Å². The summed E-state index contributed by atoms with van der Waals surface area (Å²) in [5, 5.41) is 3.84. The lowest BCUT2D eigenvalue weighted by molar-refractivity contribution is -0.140. The van der Waals surface area contributed by atoms with Crippen LogP contribution in [-0.4, -0.2) is 16.1 Å². The topological polar surface area (TPSA) is 29.9 Å². The quantitative estimate of drug-likeness (QED) is 0.735. The Bertz CT molecular complexity index is 785. The second-order valence-corrected chi connectivity index (χ2v) is 6.82. The molecule has 1 aliphatic rings. The Morgan fingerprint density at radius 2 is 2.08 bits per heavy atom. The predicted molar refractivity (Wildman–Crippen MR) is 91.7 cm³/mol. The van der Waals surface area contributed by atoms with Crippen LogP contribution in [0.1, 0.15) is 48.5 Å². The van der Waals surface area contributed by atoms with Gasteiger partial charge in [0, 0.05) is 19.5 Å². The minimum absolute atomic E-state index is 0.0558. The number of halogens is 5. The van der Waals surface area contributed by atoms with Gasteiger partial charge in [-0.1, -0.05) is 24.6 Å². The Hall–Kier alpha value is -1.60. The molecule has 3 rings (SSSR count). The van der Waals surface area contributed by atoms with E-state index in [1.165, 1.54) is 6.07 Å². The maximum absolute atomic E-state index is 13.7. The van der Waals surface area contributed by atoms with Gasteiger partial charge in [-0.15, -0.1) is 0 Å². The Morgan fingerprint density at radius 3 is 2.73 bits per heavy atom. The molecule has 1 N–H and O–H groups in total. The molecule has 1 aromatic heterocycles. The summed E-state index contributed by atoms with van der Waals surface area (Å²) in [6, 6.07) is 3.04. The summed E-state index contributed by atoms with van der Waals surface area (Å²) >= 11 is 6.31. The molecule has 1 aliphatic heterocycles. The van der Waals surface area contributed by atoms with Crippen LogP contribution in [0.2, 0.25) is 5.15 Å². The van der Waals surface area contributed by atoms with E-state index in [2.05, 4.69) is 21.8 Å². The molecule has 1 aromatic carbocycles. The number of nitrogens with one attached hydrogen (secondary N) is 1. The summed E-state index contributed by atoms with van der Waals surface area (Å²) in [5.41, 5.74) is 0.204. The summed E-state index contributed by atoms with van der Waals surface area (Å²) in [5.74, 6) is -0.278. The Labute approximate surface area is 154 Å². The molecule has 0 spiro atoms. The third kappa shape index (κ3) is 3.88. The highest BCUT2D eigenvalue weighted by Gasteiger charge is 2.34. The molecule has 142 valence electrons. The lowest BCUT2D eigenvalue weighted by atomic mass is 10.0. The van der Waals surface area contributed by atoms with Crippen molar-refractivity contribution in [2.24, 2.45) is 0 Å². The molecule has 1 atom stereocenters. The van der Waals surface area contributed by atoms with Crippen LogP contribution in [0.15, 0.2) is 18.2 Å². The van der Waals surface area contributed by atoms with Crippen molar-refractivity contribution < 1.29 is 17.6 Å². The maximum Gasteiger partial charge on any atom is 0.419 e. The highest BCUT2D eigenvalue weighted by atomic mass is 35.5. The van der Waals surface area contributed by atoms with E-state index in [-0.39, 0.29) is 6.04 Å².